The third-order valence-electron chi connectivity index (χ3n) is 14.7. The van der Waals surface area contributed by atoms with Crippen LogP contribution in [-0.4, -0.2) is 179 Å². The number of ether oxygens (including phenoxy) is 12. The van der Waals surface area contributed by atoms with Gasteiger partial charge in [0.2, 0.25) is 5.91 Å². The number of hydrogen-bond donors (Lipinski definition) is 2. The maximum atomic E-state index is 15.7. The zero-order chi connectivity index (χ0) is 66.4. The van der Waals surface area contributed by atoms with E-state index in [9.17, 15) is 28.8 Å². The van der Waals surface area contributed by atoms with Crippen LogP contribution in [-0.2, 0) is 85.8 Å². The molecule has 92 heavy (non-hydrogen) atoms. The Kier molecular flexibility index (Phi) is 27.4. The molecule has 1 aromatic heterocycles. The van der Waals surface area contributed by atoms with Crippen LogP contribution < -0.4 is 25.8 Å². The lowest BCUT2D eigenvalue weighted by molar-refractivity contribution is -0.279. The van der Waals surface area contributed by atoms with Gasteiger partial charge < -0.3 is 67.5 Å². The molecule has 2 aliphatic heterocycles. The van der Waals surface area contributed by atoms with Crippen molar-refractivity contribution in [3.63, 3.8) is 0 Å². The molecule has 2 aliphatic rings. The number of aromatic nitrogens is 2. The Morgan fingerprint density at radius 3 is 1.71 bits per heavy atom. The van der Waals surface area contributed by atoms with Gasteiger partial charge in [-0.1, -0.05) is 72.8 Å². The third kappa shape index (κ3) is 19.8. The number of esters is 3. The number of methoxy groups -OCH3 is 2. The first-order valence-corrected chi connectivity index (χ1v) is 31.7. The van der Waals surface area contributed by atoms with Crippen molar-refractivity contribution < 1.29 is 94.4 Å². The highest BCUT2D eigenvalue weighted by atomic mass is 31.2. The molecule has 27 heteroatoms. The average Bonchev–Trinajstić information content (AvgIpc) is 0.891. The van der Waals surface area contributed by atoms with E-state index in [1.807, 2.05) is 107 Å². The minimum Gasteiger partial charge on any atom is -0.497 e. The van der Waals surface area contributed by atoms with E-state index in [1.165, 1.54) is 30.7 Å². The number of amides is 2. The predicted molar refractivity (Wildman–Crippen MR) is 333 cm³/mol. The van der Waals surface area contributed by atoms with Crippen molar-refractivity contribution in [2.75, 3.05) is 85.6 Å². The number of benzene rings is 4. The van der Waals surface area contributed by atoms with E-state index in [4.69, 9.17) is 65.9 Å². The summed E-state index contributed by atoms with van der Waals surface area (Å²) in [4.78, 5) is 79.6. The van der Waals surface area contributed by atoms with Gasteiger partial charge in [-0.2, -0.15) is 4.98 Å². The second-order valence-corrected chi connectivity index (χ2v) is 23.8. The number of carbonyl (C=O) groups excluding carboxylic acids is 5. The van der Waals surface area contributed by atoms with Gasteiger partial charge in [-0.15, -0.1) is 0 Å². The van der Waals surface area contributed by atoms with Gasteiger partial charge in [0.25, 0.3) is 5.91 Å². The number of carbonyl (C=O) groups is 5. The molecule has 0 bridgehead atoms. The molecule has 2 amide bonds. The summed E-state index contributed by atoms with van der Waals surface area (Å²) in [6, 6.07) is 32.9. The Balaban J connectivity index is 1.02. The maximum Gasteiger partial charge on any atom is 0.409 e. The Hall–Kier alpha value is -7.46. The number of nitrogens with one attached hydrogen (secondary N) is 2. The molecule has 3 heterocycles. The van der Waals surface area contributed by atoms with E-state index in [0.717, 1.165) is 30.5 Å². The molecule has 2 saturated heterocycles. The molecule has 0 saturated carbocycles. The lowest BCUT2D eigenvalue weighted by Crippen LogP contribution is -2.66. The fraction of sp³-hybridized carbons (Fsp3) is 0.492. The van der Waals surface area contributed by atoms with Crippen LogP contribution in [0.2, 0.25) is 0 Å². The maximum absolute atomic E-state index is 15.7. The van der Waals surface area contributed by atoms with E-state index in [0.29, 0.717) is 17.1 Å². The van der Waals surface area contributed by atoms with Gasteiger partial charge in [0.1, 0.15) is 60.1 Å². The van der Waals surface area contributed by atoms with Crippen LogP contribution in [0.15, 0.2) is 126 Å². The molecule has 9 atom stereocenters. The first kappa shape index (κ1) is 72.0. The predicted octanol–water partition coefficient (Wildman–Crippen LogP) is 7.16. The quantitative estimate of drug-likeness (QED) is 0.0134. The molecule has 4 aromatic carbocycles. The van der Waals surface area contributed by atoms with Gasteiger partial charge >= 0.3 is 31.3 Å². The number of rotatable bonds is 35. The van der Waals surface area contributed by atoms with Crippen molar-refractivity contribution in [3.05, 3.63) is 154 Å². The minimum absolute atomic E-state index is 0.00710. The van der Waals surface area contributed by atoms with Gasteiger partial charge in [0.15, 0.2) is 18.5 Å². The molecule has 0 aliphatic carbocycles. The SMILES string of the molecule is COc1ccc(C(OC[C@H]2O[C@@H](n3ccc(NC(=O)c4ccccc4)nc3=O)C[C@@H]2OP(=O)(OCCOCCOCCOCCO[C@@H]2O[C@H](COC(C)=O)[C@H](OC(C)=O)[C@H](OC(C)=O)[C@H]2NC(C)=O)N(C(C)C)C(C)C)(c2ccccc2)c2ccc(OC)cc2)cc1. The first-order valence-electron chi connectivity index (χ1n) is 30.2. The van der Waals surface area contributed by atoms with Gasteiger partial charge in [-0.3, -0.25) is 37.6 Å². The number of hydrogen-bond acceptors (Lipinski definition) is 22. The molecular weight excluding hydrogens is 1220 g/mol. The van der Waals surface area contributed by atoms with Crippen molar-refractivity contribution in [2.45, 2.75) is 129 Å². The summed E-state index contributed by atoms with van der Waals surface area (Å²) in [6.07, 6.45) is -6.51. The zero-order valence-corrected chi connectivity index (χ0v) is 54.4. The summed E-state index contributed by atoms with van der Waals surface area (Å²) < 4.78 is 102. The van der Waals surface area contributed by atoms with Crippen molar-refractivity contribution in [1.29, 1.82) is 0 Å². The standard InChI is InChI=1S/C65H84N5O21P/c1-42(2)70(43(3)4)92(77,86-38-36-82-34-32-80-31-33-81-35-37-83-63-59(66-44(5)71)61(88-47(8)74)60(87-46(7)73)56(90-63)40-84-45(6)72)91-54-39-58(69-30-29-57(68-64(69)76)67-62(75)48-17-13-11-14-18-48)89-55(54)41-85-65(49-19-15-12-16-20-49,50-21-25-52(78-9)26-22-50)51-23-27-53(79-10)28-24-51/h11-30,42-43,54-56,58-61,63H,31-41H2,1-10H3,(H,66,71)(H,67,68,75,76)/t54-,55+,56+,58+,59+,60-,61+,63+,92?/m0/s1. The third-order valence-corrected chi connectivity index (χ3v) is 17.2. The molecule has 2 fully saturated rings. The fourth-order valence-electron chi connectivity index (χ4n) is 10.8. The minimum atomic E-state index is -4.29. The number of nitrogens with zero attached hydrogens (tertiary/aromatic N) is 3. The highest BCUT2D eigenvalue weighted by Crippen LogP contribution is 2.57. The Labute approximate surface area is 535 Å². The largest absolute Gasteiger partial charge is 0.497 e. The first-order chi connectivity index (χ1) is 44.2. The van der Waals surface area contributed by atoms with Gasteiger partial charge in [-0.25, -0.2) is 14.0 Å². The molecule has 0 radical (unpaired) electrons. The van der Waals surface area contributed by atoms with E-state index in [-0.39, 0.29) is 90.4 Å². The lowest BCUT2D eigenvalue weighted by Gasteiger charge is -2.44. The van der Waals surface area contributed by atoms with E-state index < -0.39 is 97.8 Å². The Morgan fingerprint density at radius 2 is 1.18 bits per heavy atom. The zero-order valence-electron chi connectivity index (χ0n) is 53.5. The molecule has 1 unspecified atom stereocenters. The summed E-state index contributed by atoms with van der Waals surface area (Å²) in [5, 5.41) is 5.33. The molecular formula is C65H84N5O21P. The summed E-state index contributed by atoms with van der Waals surface area (Å²) in [5.41, 5.74) is 0.604. The second-order valence-electron chi connectivity index (χ2n) is 21.9. The van der Waals surface area contributed by atoms with Crippen molar-refractivity contribution >= 4 is 43.3 Å². The second kappa shape index (κ2) is 35.0. The summed E-state index contributed by atoms with van der Waals surface area (Å²) in [6.45, 7) is 12.1. The molecule has 500 valence electrons. The Bertz CT molecular complexity index is 3210. The van der Waals surface area contributed by atoms with Crippen LogP contribution in [0.5, 0.6) is 11.5 Å². The number of anilines is 1. The smallest absolute Gasteiger partial charge is 0.409 e. The van der Waals surface area contributed by atoms with Crippen molar-refractivity contribution in [3.8, 4) is 11.5 Å². The summed E-state index contributed by atoms with van der Waals surface area (Å²) in [5.74, 6) is -1.78. The van der Waals surface area contributed by atoms with E-state index in [2.05, 4.69) is 15.6 Å². The lowest BCUT2D eigenvalue weighted by atomic mass is 9.80. The van der Waals surface area contributed by atoms with Crippen LogP contribution in [0.3, 0.4) is 0 Å². The van der Waals surface area contributed by atoms with Crippen LogP contribution in [0.1, 0.15) is 95.1 Å². The van der Waals surface area contributed by atoms with Gasteiger partial charge in [0.05, 0.1) is 73.7 Å². The van der Waals surface area contributed by atoms with Crippen LogP contribution in [0.4, 0.5) is 5.82 Å². The molecule has 26 nitrogen and oxygen atoms in total. The van der Waals surface area contributed by atoms with Gasteiger partial charge in [-0.05, 0) is 86.8 Å². The highest BCUT2D eigenvalue weighted by Gasteiger charge is 2.52. The molecule has 7 rings (SSSR count). The van der Waals surface area contributed by atoms with Gasteiger partial charge in [0, 0.05) is 58.0 Å². The molecule has 2 N–H and O–H groups in total. The average molecular weight is 1300 g/mol. The fourth-order valence-corrected chi connectivity index (χ4v) is 13.1. The molecule has 5 aromatic rings. The normalized spacial score (nSPS) is 20.5. The van der Waals surface area contributed by atoms with Crippen molar-refractivity contribution in [2.24, 2.45) is 0 Å². The highest BCUT2D eigenvalue weighted by molar-refractivity contribution is 7.51. The Morgan fingerprint density at radius 1 is 0.652 bits per heavy atom. The van der Waals surface area contributed by atoms with Crippen LogP contribution >= 0.6 is 7.75 Å². The van der Waals surface area contributed by atoms with Crippen LogP contribution in [0, 0.1) is 0 Å². The van der Waals surface area contributed by atoms with E-state index >= 15 is 4.57 Å². The van der Waals surface area contributed by atoms with Crippen LogP contribution in [0.25, 0.3) is 0 Å². The van der Waals surface area contributed by atoms with Crippen molar-refractivity contribution in [1.82, 2.24) is 19.5 Å². The topological polar surface area (TPSA) is 294 Å². The molecule has 0 spiro atoms. The summed E-state index contributed by atoms with van der Waals surface area (Å²) >= 11 is 0. The summed E-state index contributed by atoms with van der Waals surface area (Å²) in [7, 11) is -1.12. The monoisotopic (exact) mass is 1300 g/mol. The van der Waals surface area contributed by atoms with E-state index in [1.54, 1.807) is 49.2 Å².